The molecule has 0 aliphatic heterocycles. The first-order valence-electron chi connectivity index (χ1n) is 5.54. The van der Waals surface area contributed by atoms with Gasteiger partial charge in [-0.15, -0.1) is 0 Å². The SMILES string of the molecule is CCC(CC)c1ccc(C(C)N)cc1. The van der Waals surface area contributed by atoms with E-state index in [1.165, 1.54) is 24.0 Å². The van der Waals surface area contributed by atoms with E-state index >= 15 is 0 Å². The lowest BCUT2D eigenvalue weighted by Gasteiger charge is -2.14. The molecule has 0 bridgehead atoms. The van der Waals surface area contributed by atoms with Crippen LogP contribution in [0.4, 0.5) is 0 Å². The minimum Gasteiger partial charge on any atom is -0.324 e. The van der Waals surface area contributed by atoms with E-state index in [2.05, 4.69) is 38.1 Å². The van der Waals surface area contributed by atoms with Crippen LogP contribution >= 0.6 is 0 Å². The molecule has 0 amide bonds. The van der Waals surface area contributed by atoms with Crippen molar-refractivity contribution in [3.05, 3.63) is 35.4 Å². The quantitative estimate of drug-likeness (QED) is 0.773. The summed E-state index contributed by atoms with van der Waals surface area (Å²) in [5.74, 6) is 0.706. The third-order valence-electron chi connectivity index (χ3n) is 2.92. The van der Waals surface area contributed by atoms with Gasteiger partial charge in [0.1, 0.15) is 0 Å². The van der Waals surface area contributed by atoms with Crippen LogP contribution < -0.4 is 5.73 Å². The standard InChI is InChI=1S/C13H21N/c1-4-11(5-2)13-8-6-12(7-9-13)10(3)14/h6-11H,4-5,14H2,1-3H3. The van der Waals surface area contributed by atoms with Crippen molar-refractivity contribution >= 4 is 0 Å². The van der Waals surface area contributed by atoms with Crippen molar-refractivity contribution in [1.29, 1.82) is 0 Å². The van der Waals surface area contributed by atoms with Gasteiger partial charge in [-0.05, 0) is 36.8 Å². The smallest absolute Gasteiger partial charge is 0.0266 e. The van der Waals surface area contributed by atoms with E-state index in [4.69, 9.17) is 5.73 Å². The molecule has 2 N–H and O–H groups in total. The molecule has 14 heavy (non-hydrogen) atoms. The molecule has 1 atom stereocenters. The molecule has 1 unspecified atom stereocenters. The van der Waals surface area contributed by atoms with E-state index < -0.39 is 0 Å². The van der Waals surface area contributed by atoms with Gasteiger partial charge in [-0.2, -0.15) is 0 Å². The van der Waals surface area contributed by atoms with E-state index in [1.54, 1.807) is 0 Å². The Morgan fingerprint density at radius 2 is 1.43 bits per heavy atom. The van der Waals surface area contributed by atoms with Crippen LogP contribution in [0, 0.1) is 0 Å². The second-order valence-electron chi connectivity index (χ2n) is 3.97. The highest BCUT2D eigenvalue weighted by atomic mass is 14.6. The predicted octanol–water partition coefficient (Wildman–Crippen LogP) is 3.61. The molecule has 0 aliphatic rings. The maximum Gasteiger partial charge on any atom is 0.0266 e. The Balaban J connectivity index is 2.81. The highest BCUT2D eigenvalue weighted by Gasteiger charge is 2.06. The summed E-state index contributed by atoms with van der Waals surface area (Å²) >= 11 is 0. The maximum atomic E-state index is 5.80. The molecule has 0 fully saturated rings. The fourth-order valence-corrected chi connectivity index (χ4v) is 1.83. The summed E-state index contributed by atoms with van der Waals surface area (Å²) in [6, 6.07) is 8.88. The normalized spacial score (nSPS) is 13.2. The van der Waals surface area contributed by atoms with E-state index in [0.717, 1.165) is 0 Å². The van der Waals surface area contributed by atoms with E-state index in [0.29, 0.717) is 5.92 Å². The maximum absolute atomic E-state index is 5.80. The summed E-state index contributed by atoms with van der Waals surface area (Å²) in [5, 5.41) is 0. The van der Waals surface area contributed by atoms with Crippen molar-refractivity contribution in [3.8, 4) is 0 Å². The third kappa shape index (κ3) is 2.58. The minimum absolute atomic E-state index is 0.144. The van der Waals surface area contributed by atoms with Crippen LogP contribution in [0.2, 0.25) is 0 Å². The summed E-state index contributed by atoms with van der Waals surface area (Å²) in [6.07, 6.45) is 2.43. The Morgan fingerprint density at radius 1 is 1.00 bits per heavy atom. The summed E-state index contributed by atoms with van der Waals surface area (Å²) in [5.41, 5.74) is 8.47. The zero-order valence-electron chi connectivity index (χ0n) is 9.46. The minimum atomic E-state index is 0.144. The van der Waals surface area contributed by atoms with E-state index in [1.807, 2.05) is 6.92 Å². The molecule has 1 heteroatoms. The monoisotopic (exact) mass is 191 g/mol. The molecule has 0 saturated carbocycles. The second-order valence-corrected chi connectivity index (χ2v) is 3.97. The van der Waals surface area contributed by atoms with Gasteiger partial charge < -0.3 is 5.73 Å². The fourth-order valence-electron chi connectivity index (χ4n) is 1.83. The summed E-state index contributed by atoms with van der Waals surface area (Å²) in [4.78, 5) is 0. The highest BCUT2D eigenvalue weighted by molar-refractivity contribution is 5.26. The van der Waals surface area contributed by atoms with Crippen LogP contribution in [0.3, 0.4) is 0 Å². The van der Waals surface area contributed by atoms with Gasteiger partial charge in [0.05, 0.1) is 0 Å². The Labute approximate surface area is 87.3 Å². The zero-order valence-corrected chi connectivity index (χ0v) is 9.46. The largest absolute Gasteiger partial charge is 0.324 e. The van der Waals surface area contributed by atoms with Gasteiger partial charge in [-0.1, -0.05) is 38.1 Å². The predicted molar refractivity (Wildman–Crippen MR) is 62.4 cm³/mol. The Kier molecular flexibility index (Phi) is 4.15. The first kappa shape index (κ1) is 11.3. The molecule has 1 nitrogen and oxygen atoms in total. The molecule has 78 valence electrons. The van der Waals surface area contributed by atoms with Gasteiger partial charge in [-0.3, -0.25) is 0 Å². The highest BCUT2D eigenvalue weighted by Crippen LogP contribution is 2.23. The average Bonchev–Trinajstić information content (AvgIpc) is 2.20. The summed E-state index contributed by atoms with van der Waals surface area (Å²) in [6.45, 7) is 6.51. The van der Waals surface area contributed by atoms with Crippen molar-refractivity contribution < 1.29 is 0 Å². The molecular formula is C13H21N. The van der Waals surface area contributed by atoms with Gasteiger partial charge in [0, 0.05) is 6.04 Å². The van der Waals surface area contributed by atoms with Crippen LogP contribution in [0.1, 0.15) is 56.7 Å². The van der Waals surface area contributed by atoms with Crippen molar-refractivity contribution in [2.75, 3.05) is 0 Å². The zero-order chi connectivity index (χ0) is 10.6. The number of hydrogen-bond donors (Lipinski definition) is 1. The Bertz CT molecular complexity index is 257. The molecule has 1 aromatic rings. The van der Waals surface area contributed by atoms with Gasteiger partial charge in [0.15, 0.2) is 0 Å². The van der Waals surface area contributed by atoms with Crippen molar-refractivity contribution in [2.24, 2.45) is 5.73 Å². The number of benzene rings is 1. The lowest BCUT2D eigenvalue weighted by molar-refractivity contribution is 0.641. The molecule has 0 saturated heterocycles. The molecule has 1 rings (SSSR count). The first-order chi connectivity index (χ1) is 6.69. The molecule has 1 aromatic carbocycles. The average molecular weight is 191 g/mol. The van der Waals surface area contributed by atoms with Crippen molar-refractivity contribution in [1.82, 2.24) is 0 Å². The van der Waals surface area contributed by atoms with Crippen molar-refractivity contribution in [2.45, 2.75) is 45.6 Å². The molecular weight excluding hydrogens is 170 g/mol. The van der Waals surface area contributed by atoms with E-state index in [-0.39, 0.29) is 6.04 Å². The van der Waals surface area contributed by atoms with Crippen LogP contribution in [0.5, 0.6) is 0 Å². The van der Waals surface area contributed by atoms with E-state index in [9.17, 15) is 0 Å². The second kappa shape index (κ2) is 5.16. The molecule has 0 radical (unpaired) electrons. The molecule has 0 aliphatic carbocycles. The summed E-state index contributed by atoms with van der Waals surface area (Å²) < 4.78 is 0. The third-order valence-corrected chi connectivity index (χ3v) is 2.92. The van der Waals surface area contributed by atoms with Gasteiger partial charge >= 0.3 is 0 Å². The number of rotatable bonds is 4. The fraction of sp³-hybridized carbons (Fsp3) is 0.538. The first-order valence-corrected chi connectivity index (χ1v) is 5.54. The Morgan fingerprint density at radius 3 is 1.79 bits per heavy atom. The summed E-state index contributed by atoms with van der Waals surface area (Å²) in [7, 11) is 0. The number of hydrogen-bond acceptors (Lipinski definition) is 1. The number of nitrogens with two attached hydrogens (primary N) is 1. The Hall–Kier alpha value is -0.820. The van der Waals surface area contributed by atoms with Crippen LogP contribution in [0.15, 0.2) is 24.3 Å². The van der Waals surface area contributed by atoms with Crippen LogP contribution in [0.25, 0.3) is 0 Å². The molecule has 0 spiro atoms. The van der Waals surface area contributed by atoms with Gasteiger partial charge in [0.2, 0.25) is 0 Å². The topological polar surface area (TPSA) is 26.0 Å². The van der Waals surface area contributed by atoms with Gasteiger partial charge in [-0.25, -0.2) is 0 Å². The van der Waals surface area contributed by atoms with Crippen molar-refractivity contribution in [3.63, 3.8) is 0 Å². The lowest BCUT2D eigenvalue weighted by atomic mass is 9.93. The molecule has 0 heterocycles. The van der Waals surface area contributed by atoms with Gasteiger partial charge in [0.25, 0.3) is 0 Å². The van der Waals surface area contributed by atoms with Crippen LogP contribution in [-0.4, -0.2) is 0 Å². The molecule has 0 aromatic heterocycles. The van der Waals surface area contributed by atoms with Crippen LogP contribution in [-0.2, 0) is 0 Å². The lowest BCUT2D eigenvalue weighted by Crippen LogP contribution is -2.05.